The van der Waals surface area contributed by atoms with Gasteiger partial charge in [-0.05, 0) is 36.5 Å². The predicted octanol–water partition coefficient (Wildman–Crippen LogP) is 4.24. The lowest BCUT2D eigenvalue weighted by molar-refractivity contribution is -0.119. The van der Waals surface area contributed by atoms with Gasteiger partial charge in [-0.15, -0.1) is 0 Å². The topological polar surface area (TPSA) is 45.0 Å². The third kappa shape index (κ3) is 2.99. The van der Waals surface area contributed by atoms with E-state index in [1.165, 1.54) is 4.90 Å². The van der Waals surface area contributed by atoms with E-state index in [0.717, 1.165) is 0 Å². The monoisotopic (exact) mass is 375 g/mol. The van der Waals surface area contributed by atoms with Crippen molar-refractivity contribution in [3.05, 3.63) is 63.6 Å². The standard InChI is InChI=1S/C17H11Cl2N3OS/c1-22-14-7-6-10(18)8-12(14)15(11-4-2-3-5-13(11)19)21-16(17(22)23)20-9-24/h2-8,16H,1H3. The molecule has 0 radical (unpaired) electrons. The van der Waals surface area contributed by atoms with E-state index in [1.807, 2.05) is 18.2 Å². The van der Waals surface area contributed by atoms with E-state index in [1.54, 1.807) is 31.3 Å². The molecule has 1 amide bonds. The minimum atomic E-state index is -1.01. The minimum Gasteiger partial charge on any atom is -0.311 e. The molecule has 0 saturated heterocycles. The molecule has 0 saturated carbocycles. The van der Waals surface area contributed by atoms with Crippen LogP contribution in [0.2, 0.25) is 10.0 Å². The van der Waals surface area contributed by atoms with Crippen LogP contribution < -0.4 is 4.90 Å². The average molecular weight is 376 g/mol. The largest absolute Gasteiger partial charge is 0.311 e. The summed E-state index contributed by atoms with van der Waals surface area (Å²) in [6.45, 7) is 0. The second-order valence-corrected chi connectivity index (χ2v) is 6.14. The molecule has 1 unspecified atom stereocenters. The van der Waals surface area contributed by atoms with E-state index in [0.29, 0.717) is 32.6 Å². The maximum absolute atomic E-state index is 12.6. The highest BCUT2D eigenvalue weighted by molar-refractivity contribution is 7.78. The van der Waals surface area contributed by atoms with Crippen molar-refractivity contribution in [3.8, 4) is 0 Å². The van der Waals surface area contributed by atoms with Gasteiger partial charge < -0.3 is 4.90 Å². The molecule has 120 valence electrons. The molecule has 0 spiro atoms. The number of nitrogens with zero attached hydrogens (tertiary/aromatic N) is 3. The molecule has 0 aliphatic carbocycles. The Morgan fingerprint density at radius 1 is 1.21 bits per heavy atom. The summed E-state index contributed by atoms with van der Waals surface area (Å²) in [4.78, 5) is 22.5. The van der Waals surface area contributed by atoms with Gasteiger partial charge in [-0.2, -0.15) is 4.99 Å². The van der Waals surface area contributed by atoms with Crippen LogP contribution >= 0.6 is 35.4 Å². The van der Waals surface area contributed by atoms with Crippen molar-refractivity contribution < 1.29 is 4.79 Å². The summed E-state index contributed by atoms with van der Waals surface area (Å²) >= 11 is 17.1. The van der Waals surface area contributed by atoms with Crippen molar-refractivity contribution in [2.75, 3.05) is 11.9 Å². The quantitative estimate of drug-likeness (QED) is 0.582. The Labute approximate surface area is 154 Å². The molecule has 24 heavy (non-hydrogen) atoms. The summed E-state index contributed by atoms with van der Waals surface area (Å²) in [5.74, 6) is -0.307. The fourth-order valence-corrected chi connectivity index (χ4v) is 3.03. The zero-order chi connectivity index (χ0) is 17.3. The highest BCUT2D eigenvalue weighted by atomic mass is 35.5. The van der Waals surface area contributed by atoms with Crippen LogP contribution in [0.15, 0.2) is 52.4 Å². The smallest absolute Gasteiger partial charge is 0.274 e. The zero-order valence-electron chi connectivity index (χ0n) is 12.5. The minimum absolute atomic E-state index is 0.307. The van der Waals surface area contributed by atoms with E-state index in [-0.39, 0.29) is 5.91 Å². The molecule has 1 atom stereocenters. The fourth-order valence-electron chi connectivity index (χ4n) is 2.53. The molecule has 0 bridgehead atoms. The molecular weight excluding hydrogens is 365 g/mol. The molecule has 2 aromatic carbocycles. The molecule has 2 aromatic rings. The number of benzene rings is 2. The van der Waals surface area contributed by atoms with E-state index in [2.05, 4.69) is 27.4 Å². The lowest BCUT2D eigenvalue weighted by atomic mass is 10.00. The van der Waals surface area contributed by atoms with Gasteiger partial charge in [-0.3, -0.25) is 4.79 Å². The summed E-state index contributed by atoms with van der Waals surface area (Å²) in [6.07, 6.45) is -1.01. The fraction of sp³-hybridized carbons (Fsp3) is 0.118. The van der Waals surface area contributed by atoms with Gasteiger partial charge in [0.15, 0.2) is 0 Å². The Kier molecular flexibility index (Phi) is 4.78. The lowest BCUT2D eigenvalue weighted by Gasteiger charge is -2.19. The first-order valence-corrected chi connectivity index (χ1v) is 8.16. The lowest BCUT2D eigenvalue weighted by Crippen LogP contribution is -2.33. The number of anilines is 1. The summed E-state index contributed by atoms with van der Waals surface area (Å²) in [6, 6.07) is 12.5. The van der Waals surface area contributed by atoms with Crippen LogP contribution in [0.1, 0.15) is 11.1 Å². The Hall–Kier alpha value is -2.04. The van der Waals surface area contributed by atoms with Gasteiger partial charge in [-0.25, -0.2) is 4.99 Å². The number of hydrogen-bond donors (Lipinski definition) is 0. The van der Waals surface area contributed by atoms with Gasteiger partial charge in [-0.1, -0.05) is 41.4 Å². The van der Waals surface area contributed by atoms with E-state index in [4.69, 9.17) is 23.2 Å². The van der Waals surface area contributed by atoms with Crippen molar-refractivity contribution in [1.82, 2.24) is 0 Å². The first kappa shape index (κ1) is 16.8. The van der Waals surface area contributed by atoms with E-state index >= 15 is 0 Å². The van der Waals surface area contributed by atoms with Crippen molar-refractivity contribution in [3.63, 3.8) is 0 Å². The highest BCUT2D eigenvalue weighted by Gasteiger charge is 2.30. The second kappa shape index (κ2) is 6.83. The summed E-state index contributed by atoms with van der Waals surface area (Å²) in [5, 5.41) is 3.29. The molecule has 0 N–H and O–H groups in total. The molecule has 3 rings (SSSR count). The molecule has 1 aliphatic rings. The maximum Gasteiger partial charge on any atom is 0.274 e. The van der Waals surface area contributed by atoms with Crippen molar-refractivity contribution in [1.29, 1.82) is 0 Å². The summed E-state index contributed by atoms with van der Waals surface area (Å²) in [5.41, 5.74) is 2.60. The highest BCUT2D eigenvalue weighted by Crippen LogP contribution is 2.32. The molecule has 4 nitrogen and oxygen atoms in total. The molecule has 0 fully saturated rings. The number of carbonyl (C=O) groups excluding carboxylic acids is 1. The van der Waals surface area contributed by atoms with Crippen LogP contribution in [-0.4, -0.2) is 30.0 Å². The van der Waals surface area contributed by atoms with Crippen LogP contribution in [0, 0.1) is 0 Å². The number of hydrogen-bond acceptors (Lipinski definition) is 4. The normalized spacial score (nSPS) is 16.8. The van der Waals surface area contributed by atoms with Crippen LogP contribution in [0.3, 0.4) is 0 Å². The number of isothiocyanates is 1. The number of benzodiazepines with no additional fused rings is 1. The predicted molar refractivity (Wildman–Crippen MR) is 101 cm³/mol. The number of likely N-dealkylation sites (N-methyl/N-ethyl adjacent to an activating group) is 1. The molecule has 7 heteroatoms. The van der Waals surface area contributed by atoms with Gasteiger partial charge in [0.2, 0.25) is 6.17 Å². The third-order valence-corrected chi connectivity index (χ3v) is 4.35. The first-order valence-electron chi connectivity index (χ1n) is 7.00. The van der Waals surface area contributed by atoms with Crippen LogP contribution in [0.25, 0.3) is 0 Å². The number of carbonyl (C=O) groups is 1. The second-order valence-electron chi connectivity index (χ2n) is 5.11. The molecular formula is C17H11Cl2N3OS. The van der Waals surface area contributed by atoms with Crippen LogP contribution in [0.4, 0.5) is 5.69 Å². The number of amides is 1. The SMILES string of the molecule is CN1C(=O)C(N=C=S)N=C(c2ccccc2Cl)c2cc(Cl)ccc21. The Morgan fingerprint density at radius 3 is 2.67 bits per heavy atom. The molecule has 1 aliphatic heterocycles. The Bertz CT molecular complexity index is 906. The van der Waals surface area contributed by atoms with Gasteiger partial charge in [0.25, 0.3) is 5.91 Å². The molecule has 0 aromatic heterocycles. The van der Waals surface area contributed by atoms with E-state index < -0.39 is 6.17 Å². The average Bonchev–Trinajstić information content (AvgIpc) is 2.66. The van der Waals surface area contributed by atoms with E-state index in [9.17, 15) is 4.79 Å². The number of rotatable bonds is 2. The maximum atomic E-state index is 12.6. The number of aliphatic imine (C=N–C) groups is 2. The van der Waals surface area contributed by atoms with Crippen molar-refractivity contribution >= 4 is 57.9 Å². The summed E-state index contributed by atoms with van der Waals surface area (Å²) in [7, 11) is 1.66. The number of halogens is 2. The van der Waals surface area contributed by atoms with Gasteiger partial charge >= 0.3 is 0 Å². The Morgan fingerprint density at radius 2 is 1.96 bits per heavy atom. The number of thiocarbonyl (C=S) groups is 1. The Balaban J connectivity index is 2.34. The third-order valence-electron chi connectivity index (χ3n) is 3.68. The van der Waals surface area contributed by atoms with Crippen LogP contribution in [-0.2, 0) is 4.79 Å². The summed E-state index contributed by atoms with van der Waals surface area (Å²) < 4.78 is 0. The van der Waals surface area contributed by atoms with Gasteiger partial charge in [0.1, 0.15) is 0 Å². The number of fused-ring (bicyclic) bond motifs is 1. The van der Waals surface area contributed by atoms with Crippen LogP contribution in [0.5, 0.6) is 0 Å². The van der Waals surface area contributed by atoms with Crippen molar-refractivity contribution in [2.45, 2.75) is 6.17 Å². The van der Waals surface area contributed by atoms with Crippen molar-refractivity contribution in [2.24, 2.45) is 9.98 Å². The van der Waals surface area contributed by atoms with Gasteiger partial charge in [0.05, 0.1) is 16.6 Å². The zero-order valence-corrected chi connectivity index (χ0v) is 14.9. The first-order chi connectivity index (χ1) is 11.5. The molecule has 1 heterocycles. The van der Waals surface area contributed by atoms with Gasteiger partial charge in [0, 0.05) is 28.2 Å².